The molecular formula is C42H42N4O6S. The van der Waals surface area contributed by atoms with E-state index in [9.17, 15) is 18.3 Å². The van der Waals surface area contributed by atoms with E-state index in [-0.39, 0.29) is 36.0 Å². The van der Waals surface area contributed by atoms with E-state index in [1.165, 1.54) is 12.1 Å². The summed E-state index contributed by atoms with van der Waals surface area (Å²) >= 11 is 0. The largest absolute Gasteiger partial charge is 0.392 e. The molecule has 1 aliphatic rings. The lowest BCUT2D eigenvalue weighted by Crippen LogP contribution is -2.45. The molecule has 5 atom stereocenters. The molecule has 0 bridgehead atoms. The number of nitrogens with one attached hydrogen (secondary N) is 2. The molecule has 0 aliphatic carbocycles. The molecule has 5 aromatic carbocycles. The molecule has 11 heteroatoms. The van der Waals surface area contributed by atoms with Gasteiger partial charge in [0.2, 0.25) is 15.9 Å². The number of para-hydroxylation sites is 2. The highest BCUT2D eigenvalue weighted by atomic mass is 32.2. The van der Waals surface area contributed by atoms with Crippen LogP contribution in [0, 0.1) is 12.8 Å². The number of ether oxygens (including phenoxy) is 2. The number of carbonyl (C=O) groups is 1. The van der Waals surface area contributed by atoms with E-state index in [1.807, 2.05) is 104 Å². The molecule has 10 nitrogen and oxygen atoms in total. The minimum atomic E-state index is -4.01. The molecule has 272 valence electrons. The lowest BCUT2D eigenvalue weighted by Gasteiger charge is -2.41. The third-order valence-corrected chi connectivity index (χ3v) is 11.2. The Morgan fingerprint density at radius 1 is 0.849 bits per heavy atom. The first-order chi connectivity index (χ1) is 25.7. The highest BCUT2D eigenvalue weighted by molar-refractivity contribution is 7.89. The van der Waals surface area contributed by atoms with Gasteiger partial charge < -0.3 is 24.5 Å². The first kappa shape index (κ1) is 36.2. The number of fused-ring (bicyclic) bond motifs is 1. The number of carbonyl (C=O) groups excluding carboxylic acids is 1. The summed E-state index contributed by atoms with van der Waals surface area (Å²) in [5, 5.41) is 12.6. The monoisotopic (exact) mass is 730 g/mol. The third-order valence-electron chi connectivity index (χ3n) is 9.68. The number of benzene rings is 5. The van der Waals surface area contributed by atoms with Crippen molar-refractivity contribution in [3.63, 3.8) is 0 Å². The number of amides is 1. The van der Waals surface area contributed by atoms with Crippen molar-refractivity contribution in [1.29, 1.82) is 0 Å². The minimum absolute atomic E-state index is 0.0540. The smallest absolute Gasteiger partial charge is 0.242 e. The van der Waals surface area contributed by atoms with Crippen LogP contribution in [0.15, 0.2) is 139 Å². The summed E-state index contributed by atoms with van der Waals surface area (Å²) in [4.78, 5) is 18.6. The molecule has 7 rings (SSSR count). The Morgan fingerprint density at radius 3 is 2.34 bits per heavy atom. The number of sulfonamides is 1. The first-order valence-corrected chi connectivity index (χ1v) is 19.1. The van der Waals surface area contributed by atoms with Crippen LogP contribution in [0.5, 0.6) is 0 Å². The number of hydrogen-bond donors (Lipinski definition) is 3. The van der Waals surface area contributed by atoms with Crippen molar-refractivity contribution < 1.29 is 27.8 Å². The Labute approximate surface area is 309 Å². The van der Waals surface area contributed by atoms with Gasteiger partial charge >= 0.3 is 0 Å². The van der Waals surface area contributed by atoms with Gasteiger partial charge in [-0.3, -0.25) is 4.79 Å². The number of aryl methyl sites for hydroxylation is 1. The second-order valence-corrected chi connectivity index (χ2v) is 15.2. The Morgan fingerprint density at radius 2 is 1.58 bits per heavy atom. The van der Waals surface area contributed by atoms with Gasteiger partial charge in [0, 0.05) is 17.2 Å². The van der Waals surface area contributed by atoms with Gasteiger partial charge in [-0.25, -0.2) is 13.4 Å². The Bertz CT molecular complexity index is 2280. The van der Waals surface area contributed by atoms with Crippen LogP contribution >= 0.6 is 0 Å². The molecule has 5 unspecified atom stereocenters. The van der Waals surface area contributed by atoms with Crippen molar-refractivity contribution in [1.82, 2.24) is 14.3 Å². The van der Waals surface area contributed by atoms with Crippen LogP contribution in [0.4, 0.5) is 5.69 Å². The van der Waals surface area contributed by atoms with E-state index < -0.39 is 28.3 Å². The van der Waals surface area contributed by atoms with Gasteiger partial charge in [-0.15, -0.1) is 0 Å². The van der Waals surface area contributed by atoms with Gasteiger partial charge in [-0.2, -0.15) is 4.72 Å². The molecule has 0 saturated carbocycles. The molecule has 1 amide bonds. The summed E-state index contributed by atoms with van der Waals surface area (Å²) in [7, 11) is -4.01. The predicted molar refractivity (Wildman–Crippen MR) is 203 cm³/mol. The zero-order chi connectivity index (χ0) is 37.0. The SMILES string of the molecule is Cc1ccc(S(=O)(=O)NC(Cc2ccccc2)C(=O)Nc2cccc(C3OC(Cn4cnc5ccccc54)C(C)C(c4ccc(CO)cc4)O3)c2)cc1. The Kier molecular flexibility index (Phi) is 10.8. The molecule has 3 N–H and O–H groups in total. The molecular weight excluding hydrogens is 689 g/mol. The highest BCUT2D eigenvalue weighted by Gasteiger charge is 2.39. The molecule has 6 aromatic rings. The van der Waals surface area contributed by atoms with Gasteiger partial charge in [0.1, 0.15) is 6.04 Å². The predicted octanol–water partition coefficient (Wildman–Crippen LogP) is 6.86. The normalized spacial score (nSPS) is 19.5. The number of aromatic nitrogens is 2. The van der Waals surface area contributed by atoms with E-state index in [0.717, 1.165) is 33.3 Å². The van der Waals surface area contributed by atoms with Gasteiger partial charge in [-0.1, -0.05) is 103 Å². The van der Waals surface area contributed by atoms with Crippen LogP contribution < -0.4 is 10.0 Å². The Hall–Kier alpha value is -5.17. The van der Waals surface area contributed by atoms with Crippen molar-refractivity contribution in [3.8, 4) is 0 Å². The molecule has 1 aromatic heterocycles. The van der Waals surface area contributed by atoms with Crippen LogP contribution in [0.2, 0.25) is 0 Å². The average Bonchev–Trinajstić information content (AvgIpc) is 3.58. The van der Waals surface area contributed by atoms with Crippen LogP contribution in [0.3, 0.4) is 0 Å². The second-order valence-electron chi connectivity index (χ2n) is 13.5. The van der Waals surface area contributed by atoms with Crippen LogP contribution in [-0.2, 0) is 43.9 Å². The summed E-state index contributed by atoms with van der Waals surface area (Å²) in [6, 6.07) is 37.6. The van der Waals surface area contributed by atoms with Crippen molar-refractivity contribution in [2.45, 2.75) is 62.9 Å². The fourth-order valence-electron chi connectivity index (χ4n) is 6.68. The second kappa shape index (κ2) is 15.8. The molecule has 2 heterocycles. The quantitative estimate of drug-likeness (QED) is 0.125. The maximum atomic E-state index is 13.9. The third kappa shape index (κ3) is 8.40. The lowest BCUT2D eigenvalue weighted by molar-refractivity contribution is -0.276. The van der Waals surface area contributed by atoms with Gasteiger partial charge in [0.25, 0.3) is 0 Å². The van der Waals surface area contributed by atoms with E-state index >= 15 is 0 Å². The number of aliphatic hydroxyl groups excluding tert-OH is 1. The molecule has 0 radical (unpaired) electrons. The fourth-order valence-corrected chi connectivity index (χ4v) is 7.88. The maximum Gasteiger partial charge on any atom is 0.242 e. The summed E-state index contributed by atoms with van der Waals surface area (Å²) in [5.41, 5.74) is 6.55. The number of aliphatic hydroxyl groups is 1. The van der Waals surface area contributed by atoms with Crippen molar-refractivity contribution in [2.24, 2.45) is 5.92 Å². The van der Waals surface area contributed by atoms with Crippen molar-refractivity contribution in [2.75, 3.05) is 5.32 Å². The minimum Gasteiger partial charge on any atom is -0.392 e. The molecule has 1 fully saturated rings. The fraction of sp³-hybridized carbons (Fsp3) is 0.238. The van der Waals surface area contributed by atoms with Gasteiger partial charge in [0.15, 0.2) is 6.29 Å². The topological polar surface area (TPSA) is 132 Å². The molecule has 0 spiro atoms. The molecule has 1 saturated heterocycles. The summed E-state index contributed by atoms with van der Waals surface area (Å²) in [6.07, 6.45) is 0.562. The van der Waals surface area contributed by atoms with Gasteiger partial charge in [-0.05, 0) is 66.4 Å². The molecule has 53 heavy (non-hydrogen) atoms. The molecule has 1 aliphatic heterocycles. The standard InChI is InChI=1S/C42H42N4O6S/c1-28-15-21-35(22-16-28)53(49,50)45-37(23-30-9-4-3-5-10-30)41(48)44-34-12-8-11-33(24-34)42-51-39(25-46-27-43-36-13-6-7-14-38(36)46)29(2)40(52-42)32-19-17-31(26-47)18-20-32/h3-22,24,27,29,37,39-40,42,45,47H,23,25-26H2,1-2H3,(H,44,48). The van der Waals surface area contributed by atoms with Crippen LogP contribution in [0.1, 0.15) is 47.1 Å². The maximum absolute atomic E-state index is 13.9. The number of nitrogens with zero attached hydrogens (tertiary/aromatic N) is 2. The van der Waals surface area contributed by atoms with Gasteiger partial charge in [0.05, 0.1) is 47.6 Å². The van der Waals surface area contributed by atoms with Crippen molar-refractivity contribution in [3.05, 3.63) is 162 Å². The zero-order valence-electron chi connectivity index (χ0n) is 29.5. The average molecular weight is 731 g/mol. The van der Waals surface area contributed by atoms with Crippen LogP contribution in [-0.4, -0.2) is 41.1 Å². The van der Waals surface area contributed by atoms with Crippen molar-refractivity contribution >= 4 is 32.7 Å². The number of anilines is 1. The summed E-state index contributed by atoms with van der Waals surface area (Å²) in [6.45, 7) is 4.46. The zero-order valence-corrected chi connectivity index (χ0v) is 30.3. The lowest BCUT2D eigenvalue weighted by atomic mass is 9.90. The van der Waals surface area contributed by atoms with E-state index in [2.05, 4.69) is 26.5 Å². The number of rotatable bonds is 12. The highest BCUT2D eigenvalue weighted by Crippen LogP contribution is 2.42. The first-order valence-electron chi connectivity index (χ1n) is 17.6. The van der Waals surface area contributed by atoms with Crippen LogP contribution in [0.25, 0.3) is 11.0 Å². The van der Waals surface area contributed by atoms with E-state index in [1.54, 1.807) is 24.3 Å². The Balaban J connectivity index is 1.15. The number of hydrogen-bond acceptors (Lipinski definition) is 7. The summed E-state index contributed by atoms with van der Waals surface area (Å²) < 4.78 is 45.0. The van der Waals surface area contributed by atoms with E-state index in [0.29, 0.717) is 17.8 Å². The summed E-state index contributed by atoms with van der Waals surface area (Å²) in [5.74, 6) is -0.567. The van der Waals surface area contributed by atoms with E-state index in [4.69, 9.17) is 9.47 Å². The number of imidazole rings is 1.